The number of piperazine rings is 1. The Balaban J connectivity index is 1.23. The van der Waals surface area contributed by atoms with E-state index in [1.54, 1.807) is 0 Å². The molecule has 2 heterocycles. The van der Waals surface area contributed by atoms with Gasteiger partial charge in [0.25, 0.3) is 0 Å². The summed E-state index contributed by atoms with van der Waals surface area (Å²) in [4.78, 5) is 31.8. The van der Waals surface area contributed by atoms with E-state index in [2.05, 4.69) is 15.1 Å². The molecule has 1 saturated carbocycles. The molecular formula is C21H33N5O2. The minimum atomic E-state index is 0.0681. The Labute approximate surface area is 167 Å². The summed E-state index contributed by atoms with van der Waals surface area (Å²) >= 11 is 0. The van der Waals surface area contributed by atoms with Crippen LogP contribution in [0.15, 0.2) is 6.20 Å². The van der Waals surface area contributed by atoms with Gasteiger partial charge in [-0.3, -0.25) is 19.6 Å². The third-order valence-electron chi connectivity index (χ3n) is 6.93. The number of nitrogens with one attached hydrogen (secondary N) is 1. The lowest BCUT2D eigenvalue weighted by molar-refractivity contribution is -0.138. The zero-order valence-electron chi connectivity index (χ0n) is 17.0. The van der Waals surface area contributed by atoms with Crippen molar-refractivity contribution in [1.82, 2.24) is 24.9 Å². The Morgan fingerprint density at radius 3 is 2.64 bits per heavy atom. The number of aromatic amines is 1. The maximum absolute atomic E-state index is 12.9. The van der Waals surface area contributed by atoms with Gasteiger partial charge in [-0.25, -0.2) is 0 Å². The molecule has 2 fully saturated rings. The van der Waals surface area contributed by atoms with Gasteiger partial charge in [0, 0.05) is 57.3 Å². The van der Waals surface area contributed by atoms with Gasteiger partial charge >= 0.3 is 0 Å². The average Bonchev–Trinajstić information content (AvgIpc) is 3.21. The first-order valence-corrected chi connectivity index (χ1v) is 10.9. The summed E-state index contributed by atoms with van der Waals surface area (Å²) < 4.78 is 0. The molecule has 7 nitrogen and oxygen atoms in total. The van der Waals surface area contributed by atoms with Crippen LogP contribution in [0.25, 0.3) is 0 Å². The van der Waals surface area contributed by atoms with E-state index in [4.69, 9.17) is 0 Å². The summed E-state index contributed by atoms with van der Waals surface area (Å²) in [6.45, 7) is 3.52. The van der Waals surface area contributed by atoms with Crippen molar-refractivity contribution in [3.63, 3.8) is 0 Å². The number of aryl methyl sites for hydroxylation is 1. The number of aromatic nitrogens is 2. The molecule has 1 N–H and O–H groups in total. The maximum Gasteiger partial charge on any atom is 0.236 e. The number of H-pyrrole nitrogens is 1. The van der Waals surface area contributed by atoms with Crippen LogP contribution in [0.2, 0.25) is 0 Å². The molecular weight excluding hydrogens is 354 g/mol. The van der Waals surface area contributed by atoms with Crippen molar-refractivity contribution in [3.05, 3.63) is 17.5 Å². The molecule has 0 aromatic carbocycles. The smallest absolute Gasteiger partial charge is 0.236 e. The Bertz CT molecular complexity index is 689. The van der Waals surface area contributed by atoms with Crippen LogP contribution in [0.4, 0.5) is 0 Å². The average molecular weight is 388 g/mol. The summed E-state index contributed by atoms with van der Waals surface area (Å²) in [5, 5.41) is 7.14. The topological polar surface area (TPSA) is 72.5 Å². The summed E-state index contributed by atoms with van der Waals surface area (Å²) in [5.41, 5.74) is 2.38. The second-order valence-corrected chi connectivity index (χ2v) is 8.71. The maximum atomic E-state index is 12.9. The van der Waals surface area contributed by atoms with Crippen molar-refractivity contribution >= 4 is 11.8 Å². The first-order valence-electron chi connectivity index (χ1n) is 10.9. The van der Waals surface area contributed by atoms with Crippen LogP contribution < -0.4 is 0 Å². The van der Waals surface area contributed by atoms with Gasteiger partial charge in [0.05, 0.1) is 12.7 Å². The van der Waals surface area contributed by atoms with Crippen LogP contribution in [-0.4, -0.2) is 82.5 Å². The van der Waals surface area contributed by atoms with Crippen LogP contribution in [0, 0.1) is 5.92 Å². The second kappa shape index (κ2) is 8.64. The van der Waals surface area contributed by atoms with E-state index >= 15 is 0 Å². The molecule has 2 aliphatic carbocycles. The van der Waals surface area contributed by atoms with E-state index in [9.17, 15) is 9.59 Å². The lowest BCUT2D eigenvalue weighted by Crippen LogP contribution is -2.53. The zero-order valence-corrected chi connectivity index (χ0v) is 17.0. The molecule has 1 aliphatic heterocycles. The molecule has 28 heavy (non-hydrogen) atoms. The number of hydrogen-bond donors (Lipinski definition) is 1. The number of nitrogens with zero attached hydrogens (tertiary/aromatic N) is 4. The Hall–Kier alpha value is -1.89. The fourth-order valence-corrected chi connectivity index (χ4v) is 4.98. The Morgan fingerprint density at radius 2 is 1.89 bits per heavy atom. The lowest BCUT2D eigenvalue weighted by Gasteiger charge is -2.38. The molecule has 1 atom stereocenters. The van der Waals surface area contributed by atoms with Crippen molar-refractivity contribution in [2.45, 2.75) is 57.4 Å². The van der Waals surface area contributed by atoms with Gasteiger partial charge in [-0.15, -0.1) is 0 Å². The summed E-state index contributed by atoms with van der Waals surface area (Å²) in [6, 6.07) is 0.419. The predicted octanol–water partition coefficient (Wildman–Crippen LogP) is 1.45. The van der Waals surface area contributed by atoms with E-state index in [0.29, 0.717) is 12.6 Å². The van der Waals surface area contributed by atoms with Crippen LogP contribution >= 0.6 is 0 Å². The molecule has 2 amide bonds. The highest BCUT2D eigenvalue weighted by atomic mass is 16.2. The minimum absolute atomic E-state index is 0.0681. The summed E-state index contributed by atoms with van der Waals surface area (Å²) in [7, 11) is 1.96. The summed E-state index contributed by atoms with van der Waals surface area (Å²) in [5.74, 6) is 0.565. The van der Waals surface area contributed by atoms with Gasteiger partial charge in [0.15, 0.2) is 0 Å². The van der Waals surface area contributed by atoms with Gasteiger partial charge in [0.2, 0.25) is 11.8 Å². The second-order valence-electron chi connectivity index (χ2n) is 8.71. The Kier molecular flexibility index (Phi) is 5.99. The molecule has 0 bridgehead atoms. The van der Waals surface area contributed by atoms with Gasteiger partial charge in [-0.1, -0.05) is 19.3 Å². The van der Waals surface area contributed by atoms with Crippen LogP contribution in [-0.2, 0) is 22.4 Å². The number of hydrogen-bond acceptors (Lipinski definition) is 4. The first-order chi connectivity index (χ1) is 13.6. The molecule has 4 rings (SSSR count). The molecule has 1 aromatic heterocycles. The fraction of sp³-hybridized carbons (Fsp3) is 0.762. The van der Waals surface area contributed by atoms with Crippen LogP contribution in [0.3, 0.4) is 0 Å². The normalized spacial score (nSPS) is 24.0. The van der Waals surface area contributed by atoms with Gasteiger partial charge < -0.3 is 9.80 Å². The van der Waals surface area contributed by atoms with E-state index in [-0.39, 0.29) is 17.7 Å². The quantitative estimate of drug-likeness (QED) is 0.849. The number of carbonyl (C=O) groups is 2. The largest absolute Gasteiger partial charge is 0.342 e. The van der Waals surface area contributed by atoms with E-state index in [0.717, 1.165) is 64.0 Å². The standard InChI is InChI=1S/C21H33N5O2/c1-24(18-5-3-2-4-6-18)20(27)15-25-9-11-26(12-10-25)21(28)16-7-8-17-14-22-23-19(17)13-16/h14,16,18H,2-13,15H2,1H3,(H,22,23). The fourth-order valence-electron chi connectivity index (χ4n) is 4.98. The highest BCUT2D eigenvalue weighted by Crippen LogP contribution is 2.26. The number of likely N-dealkylation sites (N-methyl/N-ethyl adjacent to an activating group) is 1. The third kappa shape index (κ3) is 4.24. The molecule has 3 aliphatic rings. The first kappa shape index (κ1) is 19.4. The lowest BCUT2D eigenvalue weighted by atomic mass is 9.87. The van der Waals surface area contributed by atoms with Crippen molar-refractivity contribution < 1.29 is 9.59 Å². The van der Waals surface area contributed by atoms with Crippen molar-refractivity contribution in [1.29, 1.82) is 0 Å². The Morgan fingerprint density at radius 1 is 1.14 bits per heavy atom. The number of amides is 2. The van der Waals surface area contributed by atoms with Crippen molar-refractivity contribution in [2.24, 2.45) is 5.92 Å². The van der Waals surface area contributed by atoms with Crippen molar-refractivity contribution in [2.75, 3.05) is 39.8 Å². The molecule has 154 valence electrons. The van der Waals surface area contributed by atoms with Gasteiger partial charge in [-0.05, 0) is 31.2 Å². The summed E-state index contributed by atoms with van der Waals surface area (Å²) in [6.07, 6.45) is 10.6. The SMILES string of the molecule is CN(C(=O)CN1CCN(C(=O)C2CCc3cn[nH]c3C2)CC1)C1CCCCC1. The number of rotatable bonds is 4. The monoisotopic (exact) mass is 387 g/mol. The number of fused-ring (bicyclic) bond motifs is 1. The highest BCUT2D eigenvalue weighted by Gasteiger charge is 2.32. The van der Waals surface area contributed by atoms with E-state index < -0.39 is 0 Å². The third-order valence-corrected chi connectivity index (χ3v) is 6.93. The van der Waals surface area contributed by atoms with E-state index in [1.807, 2.05) is 23.0 Å². The molecule has 0 spiro atoms. The molecule has 1 aromatic rings. The molecule has 0 radical (unpaired) electrons. The molecule has 1 saturated heterocycles. The van der Waals surface area contributed by atoms with Gasteiger partial charge in [0.1, 0.15) is 0 Å². The number of carbonyl (C=O) groups excluding carboxylic acids is 2. The minimum Gasteiger partial charge on any atom is -0.342 e. The highest BCUT2D eigenvalue weighted by molar-refractivity contribution is 5.80. The van der Waals surface area contributed by atoms with E-state index in [1.165, 1.54) is 24.8 Å². The molecule has 7 heteroatoms. The van der Waals surface area contributed by atoms with Crippen molar-refractivity contribution in [3.8, 4) is 0 Å². The van der Waals surface area contributed by atoms with Crippen LogP contribution in [0.5, 0.6) is 0 Å². The van der Waals surface area contributed by atoms with Crippen LogP contribution in [0.1, 0.15) is 49.8 Å². The molecule has 1 unspecified atom stereocenters. The van der Waals surface area contributed by atoms with Gasteiger partial charge in [-0.2, -0.15) is 5.10 Å². The predicted molar refractivity (Wildman–Crippen MR) is 107 cm³/mol. The zero-order chi connectivity index (χ0) is 19.5.